The van der Waals surface area contributed by atoms with E-state index in [1.165, 1.54) is 22.5 Å². The molecule has 1 aliphatic heterocycles. The first-order chi connectivity index (χ1) is 10.5. The third-order valence-electron chi connectivity index (χ3n) is 3.77. The predicted molar refractivity (Wildman–Crippen MR) is 87.2 cm³/mol. The van der Waals surface area contributed by atoms with Crippen molar-refractivity contribution in [1.29, 1.82) is 0 Å². The van der Waals surface area contributed by atoms with Crippen molar-refractivity contribution < 1.29 is 8.42 Å². The number of hydrogen-bond donors (Lipinski definition) is 0. The molecule has 0 fully saturated rings. The molecule has 0 aliphatic carbocycles. The van der Waals surface area contributed by atoms with Crippen LogP contribution in [0, 0.1) is 0 Å². The van der Waals surface area contributed by atoms with Gasteiger partial charge in [0.1, 0.15) is 4.21 Å². The first-order valence-corrected chi connectivity index (χ1v) is 9.43. The van der Waals surface area contributed by atoms with Gasteiger partial charge in [-0.25, -0.2) is 8.42 Å². The molecule has 0 saturated heterocycles. The minimum absolute atomic E-state index is 0.407. The van der Waals surface area contributed by atoms with Crippen LogP contribution in [0.3, 0.4) is 0 Å². The van der Waals surface area contributed by atoms with Gasteiger partial charge in [-0.15, -0.1) is 11.3 Å². The van der Waals surface area contributed by atoms with Gasteiger partial charge in [-0.3, -0.25) is 4.98 Å². The van der Waals surface area contributed by atoms with Gasteiger partial charge in [-0.2, -0.15) is 4.31 Å². The molecule has 2 aromatic heterocycles. The minimum atomic E-state index is -3.38. The molecule has 0 bridgehead atoms. The second-order valence-corrected chi connectivity index (χ2v) is 8.81. The van der Waals surface area contributed by atoms with E-state index in [0.29, 0.717) is 17.3 Å². The Kier molecular flexibility index (Phi) is 4.31. The fourth-order valence-electron chi connectivity index (χ4n) is 2.76. The highest BCUT2D eigenvalue weighted by molar-refractivity contribution is 7.91. The molecule has 0 amide bonds. The van der Waals surface area contributed by atoms with Crippen LogP contribution in [0.4, 0.5) is 0 Å². The number of rotatable bonds is 4. The summed E-state index contributed by atoms with van der Waals surface area (Å²) in [5.74, 6) is 0. The van der Waals surface area contributed by atoms with E-state index >= 15 is 0 Å². The molecule has 0 saturated carbocycles. The van der Waals surface area contributed by atoms with Gasteiger partial charge in [0.25, 0.3) is 10.0 Å². The summed E-state index contributed by atoms with van der Waals surface area (Å²) < 4.78 is 27.2. The molecule has 7 heteroatoms. The quantitative estimate of drug-likeness (QED) is 0.856. The maximum absolute atomic E-state index is 12.6. The number of thiophene rings is 1. The maximum Gasteiger partial charge on any atom is 0.252 e. The zero-order valence-electron chi connectivity index (χ0n) is 12.7. The van der Waals surface area contributed by atoms with Crippen LogP contribution in [0.25, 0.3) is 0 Å². The molecular weight excluding hydrogens is 318 g/mol. The molecule has 118 valence electrons. The number of hydrogen-bond acceptors (Lipinski definition) is 5. The molecule has 1 aliphatic rings. The van der Waals surface area contributed by atoms with Crippen molar-refractivity contribution in [2.45, 2.75) is 23.7 Å². The number of fused-ring (bicyclic) bond motifs is 1. The zero-order valence-corrected chi connectivity index (χ0v) is 14.3. The Hall–Kier alpha value is -1.28. The highest BCUT2D eigenvalue weighted by Gasteiger charge is 2.30. The van der Waals surface area contributed by atoms with Gasteiger partial charge in [0.05, 0.1) is 0 Å². The molecule has 0 radical (unpaired) electrons. The van der Waals surface area contributed by atoms with Gasteiger partial charge in [-0.1, -0.05) is 6.07 Å². The Bertz CT molecular complexity index is 755. The van der Waals surface area contributed by atoms with Crippen LogP contribution in [0.1, 0.15) is 16.7 Å². The summed E-state index contributed by atoms with van der Waals surface area (Å²) in [5.41, 5.74) is 3.46. The fourth-order valence-corrected chi connectivity index (χ4v) is 5.33. The standard InChI is InChI=1S/C15H19N3O2S2/c1-17(2)10-12-8-16-9-13-11-18(6-5-14(12)13)22(19,20)15-4-3-7-21-15/h3-4,7-9H,5-6,10-11H2,1-2H3. The molecular formula is C15H19N3O2S2. The van der Waals surface area contributed by atoms with E-state index in [1.54, 1.807) is 28.0 Å². The van der Waals surface area contributed by atoms with Gasteiger partial charge in [0.15, 0.2) is 0 Å². The third kappa shape index (κ3) is 2.94. The first-order valence-electron chi connectivity index (χ1n) is 7.11. The third-order valence-corrected chi connectivity index (χ3v) is 6.99. The van der Waals surface area contributed by atoms with E-state index in [1.807, 2.05) is 20.3 Å². The van der Waals surface area contributed by atoms with Crippen molar-refractivity contribution in [2.75, 3.05) is 20.6 Å². The van der Waals surface area contributed by atoms with Crippen LogP contribution in [-0.2, 0) is 29.5 Å². The summed E-state index contributed by atoms with van der Waals surface area (Å²) in [4.78, 5) is 6.39. The monoisotopic (exact) mass is 337 g/mol. The van der Waals surface area contributed by atoms with Crippen LogP contribution < -0.4 is 0 Å². The lowest BCUT2D eigenvalue weighted by molar-refractivity contribution is 0.378. The van der Waals surface area contributed by atoms with Gasteiger partial charge in [0.2, 0.25) is 0 Å². The largest absolute Gasteiger partial charge is 0.305 e. The molecule has 0 spiro atoms. The maximum atomic E-state index is 12.6. The average Bonchev–Trinajstić information content (AvgIpc) is 3.01. The van der Waals surface area contributed by atoms with Crippen molar-refractivity contribution in [3.8, 4) is 0 Å². The Morgan fingerprint density at radius 2 is 2.18 bits per heavy atom. The number of nitrogens with zero attached hydrogens (tertiary/aromatic N) is 3. The number of sulfonamides is 1. The highest BCUT2D eigenvalue weighted by Crippen LogP contribution is 2.28. The van der Waals surface area contributed by atoms with Crippen LogP contribution in [-0.4, -0.2) is 43.2 Å². The van der Waals surface area contributed by atoms with E-state index < -0.39 is 10.0 Å². The molecule has 0 N–H and O–H groups in total. The number of aromatic nitrogens is 1. The molecule has 22 heavy (non-hydrogen) atoms. The Morgan fingerprint density at radius 3 is 2.86 bits per heavy atom. The van der Waals surface area contributed by atoms with Gasteiger partial charge < -0.3 is 4.90 Å². The molecule has 2 aromatic rings. The van der Waals surface area contributed by atoms with Crippen LogP contribution >= 0.6 is 11.3 Å². The summed E-state index contributed by atoms with van der Waals surface area (Å²) in [6.45, 7) is 1.76. The molecule has 3 heterocycles. The van der Waals surface area contributed by atoms with Crippen LogP contribution in [0.2, 0.25) is 0 Å². The molecule has 5 nitrogen and oxygen atoms in total. The fraction of sp³-hybridized carbons (Fsp3) is 0.400. The van der Waals surface area contributed by atoms with Crippen molar-refractivity contribution in [3.63, 3.8) is 0 Å². The average molecular weight is 337 g/mol. The van der Waals surface area contributed by atoms with Crippen molar-refractivity contribution in [2.24, 2.45) is 0 Å². The summed E-state index contributed by atoms with van der Waals surface area (Å²) in [5, 5.41) is 1.79. The van der Waals surface area contributed by atoms with Gasteiger partial charge in [0, 0.05) is 32.0 Å². The highest BCUT2D eigenvalue weighted by atomic mass is 32.2. The molecule has 3 rings (SSSR count). The Morgan fingerprint density at radius 1 is 1.36 bits per heavy atom. The van der Waals surface area contributed by atoms with Crippen LogP contribution in [0.15, 0.2) is 34.1 Å². The van der Waals surface area contributed by atoms with E-state index in [9.17, 15) is 8.42 Å². The van der Waals surface area contributed by atoms with E-state index in [4.69, 9.17) is 0 Å². The van der Waals surface area contributed by atoms with E-state index in [0.717, 1.165) is 18.5 Å². The van der Waals surface area contributed by atoms with Crippen LogP contribution in [0.5, 0.6) is 0 Å². The second kappa shape index (κ2) is 6.08. The topological polar surface area (TPSA) is 53.5 Å². The van der Waals surface area contributed by atoms with E-state index in [2.05, 4.69) is 9.88 Å². The normalized spacial score (nSPS) is 16.0. The smallest absolute Gasteiger partial charge is 0.252 e. The predicted octanol–water partition coefficient (Wildman–Crippen LogP) is 1.95. The Labute approximate surface area is 135 Å². The lowest BCUT2D eigenvalue weighted by Crippen LogP contribution is -2.36. The van der Waals surface area contributed by atoms with Crippen molar-refractivity contribution in [3.05, 3.63) is 46.6 Å². The number of pyridine rings is 1. The lowest BCUT2D eigenvalue weighted by Gasteiger charge is -2.29. The first kappa shape index (κ1) is 15.6. The molecule has 0 aromatic carbocycles. The summed E-state index contributed by atoms with van der Waals surface area (Å²) in [7, 11) is 0.664. The molecule has 0 atom stereocenters. The summed E-state index contributed by atoms with van der Waals surface area (Å²) in [6, 6.07) is 3.43. The zero-order chi connectivity index (χ0) is 15.7. The summed E-state index contributed by atoms with van der Waals surface area (Å²) >= 11 is 1.26. The lowest BCUT2D eigenvalue weighted by atomic mass is 9.98. The molecule has 0 unspecified atom stereocenters. The van der Waals surface area contributed by atoms with Gasteiger partial charge in [-0.05, 0) is 48.7 Å². The SMILES string of the molecule is CN(C)Cc1cncc2c1CCN(S(=O)(=O)c1cccs1)C2. The summed E-state index contributed by atoms with van der Waals surface area (Å²) in [6.07, 6.45) is 4.43. The van der Waals surface area contributed by atoms with Crippen molar-refractivity contribution >= 4 is 21.4 Å². The second-order valence-electron chi connectivity index (χ2n) is 5.69. The Balaban J connectivity index is 1.89. The van der Waals surface area contributed by atoms with E-state index in [-0.39, 0.29) is 0 Å². The minimum Gasteiger partial charge on any atom is -0.305 e. The van der Waals surface area contributed by atoms with Gasteiger partial charge >= 0.3 is 0 Å². The van der Waals surface area contributed by atoms with Crippen molar-refractivity contribution in [1.82, 2.24) is 14.2 Å².